The molecule has 0 heterocycles. The fourth-order valence-electron chi connectivity index (χ4n) is 8.28. The maximum absolute atomic E-state index is 13.9. The lowest BCUT2D eigenvalue weighted by Crippen LogP contribution is -2.68. The second-order valence-electron chi connectivity index (χ2n) is 13.0. The molecule has 2 aromatic carbocycles. The van der Waals surface area contributed by atoms with Crippen molar-refractivity contribution in [1.82, 2.24) is 0 Å². The van der Waals surface area contributed by atoms with Gasteiger partial charge in [-0.05, 0) is 77.1 Å². The Morgan fingerprint density at radius 1 is 0.917 bits per heavy atom. The highest BCUT2D eigenvalue weighted by Gasteiger charge is 2.61. The van der Waals surface area contributed by atoms with Crippen LogP contribution in [0.2, 0.25) is 5.04 Å². The lowest BCUT2D eigenvalue weighted by atomic mass is 9.55. The van der Waals surface area contributed by atoms with Crippen LogP contribution in [0.3, 0.4) is 0 Å². The second kappa shape index (κ2) is 9.72. The number of rotatable bonds is 5. The first-order valence-electron chi connectivity index (χ1n) is 14.2. The van der Waals surface area contributed by atoms with Crippen LogP contribution in [0, 0.1) is 29.1 Å². The maximum Gasteiger partial charge on any atom is 0.261 e. The number of carbonyl (C=O) groups excluding carboxylic acids is 1. The highest BCUT2D eigenvalue weighted by atomic mass is 28.4. The molecule has 36 heavy (non-hydrogen) atoms. The summed E-state index contributed by atoms with van der Waals surface area (Å²) in [6, 6.07) is 22.0. The first-order valence-corrected chi connectivity index (χ1v) is 16.1. The van der Waals surface area contributed by atoms with E-state index in [9.17, 15) is 4.79 Å². The van der Waals surface area contributed by atoms with Crippen LogP contribution in [-0.2, 0) is 9.22 Å². The number of carbonyl (C=O) groups is 1. The zero-order valence-electron chi connectivity index (χ0n) is 22.7. The Morgan fingerprint density at radius 3 is 2.03 bits per heavy atom. The van der Waals surface area contributed by atoms with Gasteiger partial charge in [0.25, 0.3) is 8.32 Å². The average molecular weight is 501 g/mol. The molecule has 192 valence electrons. The van der Waals surface area contributed by atoms with Crippen LogP contribution in [0.1, 0.15) is 72.6 Å². The van der Waals surface area contributed by atoms with Crippen molar-refractivity contribution in [1.29, 1.82) is 0 Å². The molecule has 3 aliphatic rings. The van der Waals surface area contributed by atoms with E-state index in [1.54, 1.807) is 0 Å². The zero-order valence-corrected chi connectivity index (χ0v) is 23.7. The van der Waals surface area contributed by atoms with Gasteiger partial charge in [-0.3, -0.25) is 4.79 Å². The van der Waals surface area contributed by atoms with E-state index in [0.29, 0.717) is 30.0 Å². The predicted octanol–water partition coefficient (Wildman–Crippen LogP) is 6.93. The number of allylic oxidation sites excluding steroid dienone is 1. The fourth-order valence-corrected chi connectivity index (χ4v) is 13.0. The van der Waals surface area contributed by atoms with Crippen LogP contribution >= 0.6 is 0 Å². The summed E-state index contributed by atoms with van der Waals surface area (Å²) in [4.78, 5) is 13.9. The van der Waals surface area contributed by atoms with Crippen LogP contribution in [0.25, 0.3) is 0 Å². The molecule has 6 atom stereocenters. The summed E-state index contributed by atoms with van der Waals surface area (Å²) in [6.45, 7) is 13.5. The van der Waals surface area contributed by atoms with Gasteiger partial charge in [-0.15, -0.1) is 6.58 Å². The minimum Gasteiger partial charge on any atom is -0.404 e. The van der Waals surface area contributed by atoms with Crippen molar-refractivity contribution >= 4 is 24.5 Å². The minimum absolute atomic E-state index is 0.0499. The van der Waals surface area contributed by atoms with Crippen molar-refractivity contribution in [3.05, 3.63) is 73.3 Å². The summed E-state index contributed by atoms with van der Waals surface area (Å²) in [5, 5.41) is 2.63. The Hall–Kier alpha value is -1.97. The molecule has 0 N–H and O–H groups in total. The van der Waals surface area contributed by atoms with Crippen molar-refractivity contribution in [2.24, 2.45) is 29.1 Å². The van der Waals surface area contributed by atoms with Crippen LogP contribution < -0.4 is 10.4 Å². The third-order valence-corrected chi connectivity index (χ3v) is 15.1. The second-order valence-corrected chi connectivity index (χ2v) is 17.2. The number of ketones is 1. The molecule has 3 saturated carbocycles. The van der Waals surface area contributed by atoms with Gasteiger partial charge in [0, 0.05) is 18.4 Å². The smallest absolute Gasteiger partial charge is 0.261 e. The minimum atomic E-state index is -2.66. The molecule has 0 aliphatic heterocycles. The molecule has 5 rings (SSSR count). The normalized spacial score (nSPS) is 32.9. The van der Waals surface area contributed by atoms with Crippen molar-refractivity contribution in [3.63, 3.8) is 0 Å². The first-order chi connectivity index (χ1) is 17.2. The lowest BCUT2D eigenvalue weighted by Gasteiger charge is -2.52. The van der Waals surface area contributed by atoms with Gasteiger partial charge in [-0.1, -0.05) is 94.4 Å². The van der Waals surface area contributed by atoms with Gasteiger partial charge >= 0.3 is 0 Å². The third-order valence-electron chi connectivity index (χ3n) is 10.1. The molecule has 2 bridgehead atoms. The predicted molar refractivity (Wildman–Crippen MR) is 152 cm³/mol. The van der Waals surface area contributed by atoms with Gasteiger partial charge < -0.3 is 4.43 Å². The highest BCUT2D eigenvalue weighted by Crippen LogP contribution is 2.61. The van der Waals surface area contributed by atoms with E-state index in [4.69, 9.17) is 4.43 Å². The quantitative estimate of drug-likeness (QED) is 0.329. The van der Waals surface area contributed by atoms with Gasteiger partial charge in [0.1, 0.15) is 5.78 Å². The lowest BCUT2D eigenvalue weighted by molar-refractivity contribution is -0.137. The number of hydrogen-bond acceptors (Lipinski definition) is 2. The maximum atomic E-state index is 13.9. The van der Waals surface area contributed by atoms with Crippen molar-refractivity contribution < 1.29 is 9.22 Å². The van der Waals surface area contributed by atoms with E-state index < -0.39 is 8.32 Å². The molecule has 1 unspecified atom stereocenters. The van der Waals surface area contributed by atoms with Gasteiger partial charge in [0.05, 0.1) is 0 Å². The summed E-state index contributed by atoms with van der Waals surface area (Å²) in [7, 11) is -2.66. The molecule has 0 amide bonds. The zero-order chi connectivity index (χ0) is 25.6. The Bertz CT molecular complexity index is 1030. The van der Waals surface area contributed by atoms with Crippen molar-refractivity contribution in [2.75, 3.05) is 0 Å². The van der Waals surface area contributed by atoms with Crippen LogP contribution in [0.5, 0.6) is 0 Å². The van der Waals surface area contributed by atoms with E-state index in [-0.39, 0.29) is 22.5 Å². The van der Waals surface area contributed by atoms with Crippen molar-refractivity contribution in [2.45, 2.75) is 83.8 Å². The fraction of sp³-hybridized carbons (Fsp3) is 0.545. The van der Waals surface area contributed by atoms with Gasteiger partial charge in [0.2, 0.25) is 0 Å². The molecule has 0 spiro atoms. The topological polar surface area (TPSA) is 26.3 Å². The number of hydrogen-bond donors (Lipinski definition) is 0. The Balaban J connectivity index is 1.63. The summed E-state index contributed by atoms with van der Waals surface area (Å²) < 4.78 is 7.75. The number of Topliss-reactive ketones (excluding diaryl/α,β-unsaturated/α-hetero) is 1. The monoisotopic (exact) mass is 500 g/mol. The molecule has 0 radical (unpaired) electrons. The van der Waals surface area contributed by atoms with E-state index in [1.165, 1.54) is 36.1 Å². The average Bonchev–Trinajstić information content (AvgIpc) is 3.22. The van der Waals surface area contributed by atoms with E-state index in [0.717, 1.165) is 12.8 Å². The number of benzene rings is 2. The molecule has 3 heteroatoms. The largest absolute Gasteiger partial charge is 0.404 e. The summed E-state index contributed by atoms with van der Waals surface area (Å²) in [5.41, 5.74) is 0.241. The summed E-state index contributed by atoms with van der Waals surface area (Å²) in [5.74, 6) is 1.69. The standard InChI is InChI=1S/C33H44O2Si/c1-6-25-18-21-33-20-17-24(2)30(28(34)23-25)31(33)29(19-22-33)35-36(32(3,4)5,26-13-9-7-10-14-26)27-15-11-8-12-16-27/h6-16,24-25,29-31H,1,17-23H2,2-5H3/t24-,25?,29+,30+,31+,33-/m1/s1. The molecule has 3 fully saturated rings. The molecule has 0 aromatic heterocycles. The summed E-state index contributed by atoms with van der Waals surface area (Å²) in [6.07, 6.45) is 9.84. The SMILES string of the molecule is C=CC1CC[C@@]23CC[C@@H](C)[C@@H](C(=O)C1)[C@@H]2[C@@H](O[Si](c1ccccc1)(c1ccccc1)C(C)(C)C)CC3. The molecule has 3 aliphatic carbocycles. The van der Waals surface area contributed by atoms with Crippen molar-refractivity contribution in [3.8, 4) is 0 Å². The van der Waals surface area contributed by atoms with Gasteiger partial charge in [-0.25, -0.2) is 0 Å². The van der Waals surface area contributed by atoms with Crippen LogP contribution in [-0.4, -0.2) is 20.2 Å². The van der Waals surface area contributed by atoms with Crippen LogP contribution in [0.15, 0.2) is 73.3 Å². The third kappa shape index (κ3) is 4.17. The Labute approximate surface area is 219 Å². The summed E-state index contributed by atoms with van der Waals surface area (Å²) >= 11 is 0. The molecular formula is C33H44O2Si. The van der Waals surface area contributed by atoms with Gasteiger partial charge in [0.15, 0.2) is 0 Å². The molecule has 0 saturated heterocycles. The molecule has 2 nitrogen and oxygen atoms in total. The first kappa shape index (κ1) is 25.7. The van der Waals surface area contributed by atoms with Gasteiger partial charge in [-0.2, -0.15) is 0 Å². The highest BCUT2D eigenvalue weighted by molar-refractivity contribution is 6.99. The Morgan fingerprint density at radius 2 is 1.47 bits per heavy atom. The molecule has 2 aromatic rings. The van der Waals surface area contributed by atoms with E-state index in [1.807, 2.05) is 6.08 Å². The van der Waals surface area contributed by atoms with E-state index >= 15 is 0 Å². The van der Waals surface area contributed by atoms with Crippen LogP contribution in [0.4, 0.5) is 0 Å². The Kier molecular flexibility index (Phi) is 6.93. The van der Waals surface area contributed by atoms with E-state index in [2.05, 4.69) is 94.9 Å². The molecular weight excluding hydrogens is 456 g/mol.